The molecule has 0 fully saturated rings. The van der Waals surface area contributed by atoms with Crippen molar-refractivity contribution in [3.05, 3.63) is 61.0 Å². The van der Waals surface area contributed by atoms with E-state index >= 15 is 0 Å². The molecule has 4 aromatic rings. The fourth-order valence-electron chi connectivity index (χ4n) is 2.81. The minimum Gasteiger partial charge on any atom is -0.461 e. The molecule has 0 saturated carbocycles. The van der Waals surface area contributed by atoms with Crippen LogP contribution < -0.4 is 4.57 Å². The van der Waals surface area contributed by atoms with E-state index in [1.165, 1.54) is 17.0 Å². The first-order valence-electron chi connectivity index (χ1n) is 10.9. The second kappa shape index (κ2) is 10.7. The average molecular weight is 484 g/mol. The number of imidazole rings is 2. The largest absolute Gasteiger partial charge is 0.602 e. The topological polar surface area (TPSA) is 130 Å². The Hall–Kier alpha value is -4.35. The van der Waals surface area contributed by atoms with Gasteiger partial charge in [0.05, 0.1) is 25.6 Å². The van der Waals surface area contributed by atoms with E-state index in [1.807, 2.05) is 0 Å². The third-order valence-electron chi connectivity index (χ3n) is 4.24. The minimum atomic E-state index is -0.582. The number of aromatic nitrogens is 6. The van der Waals surface area contributed by atoms with Crippen molar-refractivity contribution in [3.8, 4) is 0 Å². The molecule has 0 atom stereocenters. The molecule has 0 radical (unpaired) electrons. The zero-order chi connectivity index (χ0) is 25.6. The molecule has 12 heteroatoms. The van der Waals surface area contributed by atoms with Gasteiger partial charge in [-0.1, -0.05) is 4.57 Å². The van der Waals surface area contributed by atoms with Crippen LogP contribution in [0.5, 0.6) is 0 Å². The summed E-state index contributed by atoms with van der Waals surface area (Å²) in [5.41, 5.74) is 1.00. The van der Waals surface area contributed by atoms with Gasteiger partial charge in [0, 0.05) is 24.8 Å². The highest BCUT2D eigenvalue weighted by molar-refractivity contribution is 5.88. The van der Waals surface area contributed by atoms with Gasteiger partial charge in [-0.3, -0.25) is 9.38 Å². The maximum atomic E-state index is 12.0. The number of carbonyl (C=O) groups is 3. The lowest BCUT2D eigenvalue weighted by atomic mass is 10.2. The van der Waals surface area contributed by atoms with Crippen LogP contribution in [0, 0.1) is 0 Å². The van der Waals surface area contributed by atoms with Gasteiger partial charge in [0.2, 0.25) is 11.8 Å². The Morgan fingerprint density at radius 3 is 2.03 bits per heavy atom. The Morgan fingerprint density at radius 1 is 0.914 bits per heavy atom. The smallest absolute Gasteiger partial charge is 0.461 e. The van der Waals surface area contributed by atoms with E-state index in [2.05, 4.69) is 15.0 Å². The van der Waals surface area contributed by atoms with Gasteiger partial charge in [-0.2, -0.15) is 4.79 Å². The molecule has 0 unspecified atom stereocenters. The van der Waals surface area contributed by atoms with Crippen LogP contribution in [0.25, 0.3) is 11.3 Å². The molecule has 184 valence electrons. The highest BCUT2D eigenvalue weighted by Crippen LogP contribution is 2.08. The molecule has 0 spiro atoms. The summed E-state index contributed by atoms with van der Waals surface area (Å²) >= 11 is 0. The zero-order valence-corrected chi connectivity index (χ0v) is 20.2. The summed E-state index contributed by atoms with van der Waals surface area (Å²) in [5, 5.41) is 0. The average Bonchev–Trinajstić information content (AvgIpc) is 3.42. The van der Waals surface area contributed by atoms with Gasteiger partial charge in [0.15, 0.2) is 23.2 Å². The van der Waals surface area contributed by atoms with Crippen molar-refractivity contribution in [1.82, 2.24) is 23.8 Å². The summed E-state index contributed by atoms with van der Waals surface area (Å²) in [6.45, 7) is 9.49. The summed E-state index contributed by atoms with van der Waals surface area (Å²) in [6.07, 6.45) is 12.3. The van der Waals surface area contributed by atoms with Crippen molar-refractivity contribution < 1.29 is 33.2 Å². The van der Waals surface area contributed by atoms with Gasteiger partial charge in [-0.15, -0.1) is 0 Å². The summed E-state index contributed by atoms with van der Waals surface area (Å²) in [7, 11) is 0. The highest BCUT2D eigenvalue weighted by atomic mass is 16.6. The van der Waals surface area contributed by atoms with Crippen LogP contribution in [0.2, 0.25) is 0 Å². The first-order chi connectivity index (χ1) is 16.6. The summed E-state index contributed by atoms with van der Waals surface area (Å²) in [5.74, 6) is -0.902. The molecule has 4 heterocycles. The molecule has 35 heavy (non-hydrogen) atoms. The number of carbonyl (C=O) groups excluding carboxylic acids is 3. The summed E-state index contributed by atoms with van der Waals surface area (Å²) in [4.78, 5) is 47.0. The van der Waals surface area contributed by atoms with Crippen LogP contribution in [0.3, 0.4) is 0 Å². The first-order valence-corrected chi connectivity index (χ1v) is 10.9. The molecular weight excluding hydrogens is 456 g/mol. The minimum absolute atomic E-state index is 0.193. The van der Waals surface area contributed by atoms with Gasteiger partial charge >= 0.3 is 18.0 Å². The van der Waals surface area contributed by atoms with E-state index in [-0.39, 0.29) is 12.3 Å². The van der Waals surface area contributed by atoms with Crippen molar-refractivity contribution >= 4 is 29.3 Å². The fraction of sp³-hybridized carbons (Fsp3) is 0.348. The molecule has 4 rings (SSSR count). The third kappa shape index (κ3) is 6.59. The van der Waals surface area contributed by atoms with E-state index in [4.69, 9.17) is 14.2 Å². The van der Waals surface area contributed by atoms with E-state index < -0.39 is 23.6 Å². The SMILES string of the molecule is CCOC(=O)c1cn2cc[n+](C(=O)OC(C)(C)C)cc2n1.CCOC(=O)c1cn2ccncc2n1. The van der Waals surface area contributed by atoms with Crippen LogP contribution in [-0.2, 0) is 14.2 Å². The number of nitrogens with zero attached hydrogens (tertiary/aromatic N) is 6. The monoisotopic (exact) mass is 483 g/mol. The number of ether oxygens (including phenoxy) is 3. The normalized spacial score (nSPS) is 11.0. The van der Waals surface area contributed by atoms with Gasteiger partial charge in [0.1, 0.15) is 5.60 Å². The second-order valence-corrected chi connectivity index (χ2v) is 8.12. The maximum absolute atomic E-state index is 12.0. The maximum Gasteiger partial charge on any atom is 0.602 e. The molecule has 0 amide bonds. The molecule has 0 bridgehead atoms. The number of esters is 2. The molecule has 0 aliphatic heterocycles. The van der Waals surface area contributed by atoms with Gasteiger partial charge in [-0.05, 0) is 34.6 Å². The molecule has 0 aliphatic carbocycles. The predicted octanol–water partition coefficient (Wildman–Crippen LogP) is 2.49. The van der Waals surface area contributed by atoms with Crippen molar-refractivity contribution in [3.63, 3.8) is 0 Å². The Bertz CT molecular complexity index is 1320. The lowest BCUT2D eigenvalue weighted by Crippen LogP contribution is -2.46. The van der Waals surface area contributed by atoms with E-state index in [0.29, 0.717) is 23.6 Å². The van der Waals surface area contributed by atoms with Crippen molar-refractivity contribution in [1.29, 1.82) is 0 Å². The van der Waals surface area contributed by atoms with Crippen molar-refractivity contribution in [2.45, 2.75) is 40.2 Å². The summed E-state index contributed by atoms with van der Waals surface area (Å²) < 4.78 is 19.6. The molecule has 0 saturated heterocycles. The first kappa shape index (κ1) is 25.3. The summed E-state index contributed by atoms with van der Waals surface area (Å²) in [6, 6.07) is 0. The van der Waals surface area contributed by atoms with Crippen molar-refractivity contribution in [2.24, 2.45) is 0 Å². The Kier molecular flexibility index (Phi) is 7.74. The standard InChI is InChI=1S/C14H18N3O4.C9H9N3O2/c1-5-20-12(18)10-8-16-6-7-17(9-11(16)15-10)13(19)21-14(2,3)4;1-2-14-9(13)7-6-12-4-3-10-5-8(12)11-7/h6-9H,5H2,1-4H3;3-6H,2H2,1H3/q+1;. The number of rotatable bonds is 4. The lowest BCUT2D eigenvalue weighted by Gasteiger charge is -2.15. The van der Waals surface area contributed by atoms with E-state index in [9.17, 15) is 14.4 Å². The Balaban J connectivity index is 0.000000211. The lowest BCUT2D eigenvalue weighted by molar-refractivity contribution is -0.587. The number of hydrogen-bond donors (Lipinski definition) is 0. The van der Waals surface area contributed by atoms with Gasteiger partial charge < -0.3 is 18.6 Å². The molecule has 0 aromatic carbocycles. The highest BCUT2D eigenvalue weighted by Gasteiger charge is 2.25. The quantitative estimate of drug-likeness (QED) is 0.244. The molecule has 0 aliphatic rings. The van der Waals surface area contributed by atoms with E-state index in [0.717, 1.165) is 0 Å². The Morgan fingerprint density at radius 2 is 1.49 bits per heavy atom. The van der Waals surface area contributed by atoms with Crippen LogP contribution in [0.4, 0.5) is 4.79 Å². The molecule has 12 nitrogen and oxygen atoms in total. The number of hydrogen-bond acceptors (Lipinski definition) is 9. The van der Waals surface area contributed by atoms with Crippen LogP contribution >= 0.6 is 0 Å². The third-order valence-corrected chi connectivity index (χ3v) is 4.24. The van der Waals surface area contributed by atoms with Crippen LogP contribution in [-0.4, -0.2) is 60.6 Å². The fourth-order valence-corrected chi connectivity index (χ4v) is 2.81. The molecule has 0 N–H and O–H groups in total. The van der Waals surface area contributed by atoms with E-state index in [1.54, 1.807) is 80.6 Å². The molecular formula is C23H27N6O6+. The Labute approximate surface area is 201 Å². The predicted molar refractivity (Wildman–Crippen MR) is 122 cm³/mol. The van der Waals surface area contributed by atoms with Crippen LogP contribution in [0.1, 0.15) is 55.6 Å². The van der Waals surface area contributed by atoms with Gasteiger partial charge in [0.25, 0.3) is 0 Å². The van der Waals surface area contributed by atoms with Crippen LogP contribution in [0.15, 0.2) is 49.6 Å². The van der Waals surface area contributed by atoms with Gasteiger partial charge in [-0.25, -0.2) is 19.6 Å². The number of fused-ring (bicyclic) bond motifs is 2. The second-order valence-electron chi connectivity index (χ2n) is 8.12. The molecule has 4 aromatic heterocycles. The zero-order valence-electron chi connectivity index (χ0n) is 20.2. The van der Waals surface area contributed by atoms with Crippen molar-refractivity contribution in [2.75, 3.05) is 13.2 Å².